The molecule has 0 aliphatic carbocycles. The number of anilines is 1. The zero-order valence-corrected chi connectivity index (χ0v) is 18.0. The summed E-state index contributed by atoms with van der Waals surface area (Å²) in [6.07, 6.45) is 2.97. The fraction of sp³-hybridized carbons (Fsp3) is 0.409. The van der Waals surface area contributed by atoms with E-state index in [1.165, 1.54) is 35.6 Å². The number of hydrogen-bond donors (Lipinski definition) is 2. The first-order valence-corrected chi connectivity index (χ1v) is 10.9. The number of likely N-dealkylation sites (tertiary alicyclic amines) is 1. The first kappa shape index (κ1) is 22.0. The Morgan fingerprint density at radius 3 is 2.80 bits per heavy atom. The van der Waals surface area contributed by atoms with Crippen molar-refractivity contribution in [3.05, 3.63) is 52.2 Å². The first-order chi connectivity index (χ1) is 14.4. The van der Waals surface area contributed by atoms with Crippen LogP contribution in [0.4, 0.5) is 9.39 Å². The van der Waals surface area contributed by atoms with Crippen LogP contribution in [0.15, 0.2) is 30.3 Å². The van der Waals surface area contributed by atoms with Gasteiger partial charge in [0.1, 0.15) is 5.82 Å². The molecular weight excluding hydrogens is 405 g/mol. The van der Waals surface area contributed by atoms with Crippen LogP contribution in [0.5, 0.6) is 0 Å². The summed E-state index contributed by atoms with van der Waals surface area (Å²) in [6.45, 7) is 4.91. The third-order valence-electron chi connectivity index (χ3n) is 4.99. The Morgan fingerprint density at radius 2 is 2.07 bits per heavy atom. The molecule has 1 aliphatic rings. The van der Waals surface area contributed by atoms with Gasteiger partial charge in [0.2, 0.25) is 5.91 Å². The van der Waals surface area contributed by atoms with Crippen LogP contribution < -0.4 is 10.6 Å². The molecule has 0 saturated carbocycles. The van der Waals surface area contributed by atoms with Crippen LogP contribution in [0.2, 0.25) is 0 Å². The number of aryl methyl sites for hydroxylation is 1. The van der Waals surface area contributed by atoms with Crippen molar-refractivity contribution in [2.75, 3.05) is 18.4 Å². The highest BCUT2D eigenvalue weighted by atomic mass is 32.1. The third-order valence-corrected chi connectivity index (χ3v) is 6.13. The number of nitrogens with one attached hydrogen (secondary N) is 2. The van der Waals surface area contributed by atoms with E-state index < -0.39 is 11.7 Å². The van der Waals surface area contributed by atoms with Crippen molar-refractivity contribution in [1.29, 1.82) is 0 Å². The quantitative estimate of drug-likeness (QED) is 0.727. The molecule has 0 spiro atoms. The predicted octanol–water partition coefficient (Wildman–Crippen LogP) is 3.97. The fourth-order valence-corrected chi connectivity index (χ4v) is 4.56. The van der Waals surface area contributed by atoms with Crippen LogP contribution in [0.1, 0.15) is 58.2 Å². The molecule has 3 amide bonds. The minimum absolute atomic E-state index is 0.0199. The van der Waals surface area contributed by atoms with Gasteiger partial charge in [-0.1, -0.05) is 13.0 Å². The Kier molecular flexibility index (Phi) is 7.20. The maximum Gasteiger partial charge on any atom is 0.264 e. The van der Waals surface area contributed by atoms with Gasteiger partial charge in [0.05, 0.1) is 9.88 Å². The highest BCUT2D eigenvalue weighted by Crippen LogP contribution is 2.29. The molecule has 0 bridgehead atoms. The summed E-state index contributed by atoms with van der Waals surface area (Å²) in [5.41, 5.74) is 0.993. The predicted molar refractivity (Wildman–Crippen MR) is 115 cm³/mol. The lowest BCUT2D eigenvalue weighted by Crippen LogP contribution is -2.49. The molecule has 1 saturated heterocycles. The van der Waals surface area contributed by atoms with Gasteiger partial charge in [-0.2, -0.15) is 0 Å². The number of amides is 3. The van der Waals surface area contributed by atoms with Crippen LogP contribution >= 0.6 is 11.3 Å². The lowest BCUT2D eigenvalue weighted by molar-refractivity contribution is -0.122. The maximum absolute atomic E-state index is 13.3. The van der Waals surface area contributed by atoms with Gasteiger partial charge in [-0.15, -0.1) is 11.3 Å². The molecule has 1 atom stereocenters. The number of rotatable bonds is 6. The maximum atomic E-state index is 13.3. The number of carbonyl (C=O) groups excluding carboxylic acids is 3. The van der Waals surface area contributed by atoms with Gasteiger partial charge in [0.15, 0.2) is 0 Å². The number of thiophene rings is 1. The summed E-state index contributed by atoms with van der Waals surface area (Å²) in [6, 6.07) is 7.17. The molecule has 8 heteroatoms. The van der Waals surface area contributed by atoms with Crippen molar-refractivity contribution < 1.29 is 18.8 Å². The summed E-state index contributed by atoms with van der Waals surface area (Å²) in [5, 5.41) is 6.28. The second kappa shape index (κ2) is 9.84. The van der Waals surface area contributed by atoms with Crippen molar-refractivity contribution in [1.82, 2.24) is 10.2 Å². The molecule has 1 aromatic heterocycles. The van der Waals surface area contributed by atoms with Crippen molar-refractivity contribution in [2.24, 2.45) is 0 Å². The van der Waals surface area contributed by atoms with E-state index >= 15 is 0 Å². The van der Waals surface area contributed by atoms with Crippen LogP contribution in [0, 0.1) is 12.7 Å². The highest BCUT2D eigenvalue weighted by Gasteiger charge is 2.27. The summed E-state index contributed by atoms with van der Waals surface area (Å²) >= 11 is 1.21. The van der Waals surface area contributed by atoms with E-state index in [2.05, 4.69) is 10.6 Å². The molecule has 1 aromatic carbocycles. The second-order valence-electron chi connectivity index (χ2n) is 7.50. The van der Waals surface area contributed by atoms with Gasteiger partial charge in [0.25, 0.3) is 11.8 Å². The molecule has 1 fully saturated rings. The minimum Gasteiger partial charge on any atom is -0.352 e. The van der Waals surface area contributed by atoms with Gasteiger partial charge < -0.3 is 15.5 Å². The molecule has 30 heavy (non-hydrogen) atoms. The number of piperidine rings is 1. The average Bonchev–Trinajstić information content (AvgIpc) is 3.07. The lowest BCUT2D eigenvalue weighted by Gasteiger charge is -2.33. The fourth-order valence-electron chi connectivity index (χ4n) is 3.52. The van der Waals surface area contributed by atoms with Crippen molar-refractivity contribution in [3.8, 4) is 0 Å². The van der Waals surface area contributed by atoms with Gasteiger partial charge in [-0.3, -0.25) is 14.4 Å². The third kappa shape index (κ3) is 5.44. The van der Waals surface area contributed by atoms with Crippen LogP contribution in [0.25, 0.3) is 0 Å². The largest absolute Gasteiger partial charge is 0.352 e. The van der Waals surface area contributed by atoms with Crippen LogP contribution in [-0.4, -0.2) is 41.8 Å². The molecule has 2 aromatic rings. The van der Waals surface area contributed by atoms with E-state index in [9.17, 15) is 18.8 Å². The Morgan fingerprint density at radius 1 is 1.27 bits per heavy atom. The van der Waals surface area contributed by atoms with Gasteiger partial charge >= 0.3 is 0 Å². The molecule has 3 rings (SSSR count). The Hall–Kier alpha value is -2.74. The first-order valence-electron chi connectivity index (χ1n) is 10.1. The Bertz CT molecular complexity index is 943. The van der Waals surface area contributed by atoms with E-state index in [1.54, 1.807) is 11.0 Å². The number of carbonyl (C=O) groups is 3. The Labute approximate surface area is 179 Å². The van der Waals surface area contributed by atoms with E-state index in [-0.39, 0.29) is 23.4 Å². The minimum atomic E-state index is -0.480. The molecule has 2 heterocycles. The van der Waals surface area contributed by atoms with Crippen LogP contribution in [-0.2, 0) is 4.79 Å². The summed E-state index contributed by atoms with van der Waals surface area (Å²) < 4.78 is 13.3. The van der Waals surface area contributed by atoms with Crippen molar-refractivity contribution in [2.45, 2.75) is 45.6 Å². The molecule has 1 unspecified atom stereocenters. The summed E-state index contributed by atoms with van der Waals surface area (Å²) in [5.74, 6) is -0.984. The van der Waals surface area contributed by atoms with Crippen molar-refractivity contribution in [3.63, 3.8) is 0 Å². The SMILES string of the molecule is CCCC(=O)NC1CCCN(C(=O)c2sc(NC(=O)c3cccc(F)c3)cc2C)C1. The van der Waals surface area contributed by atoms with Gasteiger partial charge in [-0.05, 0) is 56.0 Å². The summed E-state index contributed by atoms with van der Waals surface area (Å²) in [4.78, 5) is 39.6. The number of nitrogens with zero attached hydrogens (tertiary/aromatic N) is 1. The van der Waals surface area contributed by atoms with Gasteiger partial charge in [0, 0.05) is 31.1 Å². The molecule has 6 nitrogen and oxygen atoms in total. The number of benzene rings is 1. The number of hydrogen-bond acceptors (Lipinski definition) is 4. The monoisotopic (exact) mass is 431 g/mol. The van der Waals surface area contributed by atoms with E-state index in [1.807, 2.05) is 13.8 Å². The molecular formula is C22H26FN3O3S. The average molecular weight is 432 g/mol. The van der Waals surface area contributed by atoms with E-state index in [0.717, 1.165) is 24.8 Å². The second-order valence-corrected chi connectivity index (χ2v) is 8.55. The standard InChI is InChI=1S/C22H26FN3O3S/c1-3-6-18(27)24-17-9-5-10-26(13-17)22(29)20-14(2)11-19(30-20)25-21(28)15-7-4-8-16(23)12-15/h4,7-8,11-12,17H,3,5-6,9-10,13H2,1-2H3,(H,24,27)(H,25,28). The lowest BCUT2D eigenvalue weighted by atomic mass is 10.0. The Balaban J connectivity index is 1.66. The zero-order chi connectivity index (χ0) is 21.7. The summed E-state index contributed by atoms with van der Waals surface area (Å²) in [7, 11) is 0. The van der Waals surface area contributed by atoms with Crippen LogP contribution in [0.3, 0.4) is 0 Å². The molecule has 160 valence electrons. The van der Waals surface area contributed by atoms with E-state index in [4.69, 9.17) is 0 Å². The topological polar surface area (TPSA) is 78.5 Å². The smallest absolute Gasteiger partial charge is 0.264 e. The highest BCUT2D eigenvalue weighted by molar-refractivity contribution is 7.18. The molecule has 1 aliphatic heterocycles. The molecule has 0 radical (unpaired) electrons. The van der Waals surface area contributed by atoms with Gasteiger partial charge in [-0.25, -0.2) is 4.39 Å². The molecule has 2 N–H and O–H groups in total. The zero-order valence-electron chi connectivity index (χ0n) is 17.2. The normalized spacial score (nSPS) is 16.2. The van der Waals surface area contributed by atoms with Crippen molar-refractivity contribution >= 4 is 34.1 Å². The van der Waals surface area contributed by atoms with E-state index in [0.29, 0.717) is 29.4 Å². The number of halogens is 1.